The van der Waals surface area contributed by atoms with Crippen LogP contribution in [0.25, 0.3) is 10.9 Å². The van der Waals surface area contributed by atoms with Crippen LogP contribution in [0.15, 0.2) is 42.6 Å². The lowest BCUT2D eigenvalue weighted by molar-refractivity contribution is 0.00419. The lowest BCUT2D eigenvalue weighted by Gasteiger charge is -2.32. The van der Waals surface area contributed by atoms with Crippen LogP contribution in [0.3, 0.4) is 0 Å². The second kappa shape index (κ2) is 13.4. The van der Waals surface area contributed by atoms with Crippen molar-refractivity contribution >= 4 is 24.6 Å². The van der Waals surface area contributed by atoms with Crippen molar-refractivity contribution < 1.29 is 24.0 Å². The Bertz CT molecular complexity index is 1090. The number of unbranched alkanes of at least 4 members (excludes halogenated alkanes) is 3. The number of nitrogens with zero attached hydrogens (tertiary/aromatic N) is 1. The van der Waals surface area contributed by atoms with Gasteiger partial charge in [0, 0.05) is 54.2 Å². The van der Waals surface area contributed by atoms with E-state index in [-0.39, 0.29) is 0 Å². The van der Waals surface area contributed by atoms with E-state index >= 15 is 0 Å². The van der Waals surface area contributed by atoms with Gasteiger partial charge in [-0.25, -0.2) is 0 Å². The molecule has 3 aromatic rings. The summed E-state index contributed by atoms with van der Waals surface area (Å²) in [6, 6.07) is 11.3. The van der Waals surface area contributed by atoms with Gasteiger partial charge in [0.2, 0.25) is 0 Å². The highest BCUT2D eigenvalue weighted by molar-refractivity contribution is 7.54. The van der Waals surface area contributed by atoms with E-state index < -0.39 is 8.38 Å². The third-order valence-electron chi connectivity index (χ3n) is 6.96. The summed E-state index contributed by atoms with van der Waals surface area (Å²) in [6.45, 7) is 6.56. The average Bonchev–Trinajstić information content (AvgIpc) is 3.39. The Kier molecular flexibility index (Phi) is 10.0. The maximum Gasteiger partial charge on any atom is 0.199 e. The molecule has 1 aromatic heterocycles. The number of likely N-dealkylation sites (tertiary alicyclic amines) is 1. The van der Waals surface area contributed by atoms with Gasteiger partial charge in [-0.3, -0.25) is 4.90 Å². The van der Waals surface area contributed by atoms with E-state index in [1.54, 1.807) is 25.3 Å². The molecule has 4 rings (SSSR count). The van der Waals surface area contributed by atoms with Crippen molar-refractivity contribution in [3.05, 3.63) is 53.7 Å². The predicted octanol–water partition coefficient (Wildman–Crippen LogP) is 5.03. The molecule has 0 saturated carbocycles. The van der Waals surface area contributed by atoms with E-state index in [0.29, 0.717) is 23.8 Å². The van der Waals surface area contributed by atoms with Crippen molar-refractivity contribution in [3.8, 4) is 11.5 Å². The van der Waals surface area contributed by atoms with Gasteiger partial charge in [-0.05, 0) is 74.9 Å². The number of rotatable bonds is 13. The number of piperidine rings is 1. The van der Waals surface area contributed by atoms with Crippen LogP contribution in [0.2, 0.25) is 0 Å². The highest BCUT2D eigenvalue weighted by atomic mass is 31.2. The monoisotopic (exact) mass is 514 g/mol. The van der Waals surface area contributed by atoms with Crippen LogP contribution in [0.5, 0.6) is 11.5 Å². The molecule has 8 heteroatoms. The molecule has 1 saturated heterocycles. The topological polar surface area (TPSA) is 87.2 Å². The minimum atomic E-state index is -2.07. The number of fused-ring (bicyclic) bond motifs is 1. The highest BCUT2D eigenvalue weighted by Crippen LogP contribution is 2.32. The number of ether oxygens (including phenoxy) is 3. The van der Waals surface area contributed by atoms with E-state index in [4.69, 9.17) is 14.2 Å². The van der Waals surface area contributed by atoms with Crippen molar-refractivity contribution in [1.29, 1.82) is 0 Å². The molecule has 0 unspecified atom stereocenters. The summed E-state index contributed by atoms with van der Waals surface area (Å²) in [5, 5.41) is 1.77. The second-order valence-electron chi connectivity index (χ2n) is 9.54. The molecule has 1 aliphatic rings. The SMILES string of the molecule is COc1cc(C)c2[nH]ccc2c1CN1CCC(OCCCCCCOc2cccc(P(O)O)c2)CC1. The number of aromatic amines is 1. The zero-order chi connectivity index (χ0) is 25.3. The number of H-pyrrole nitrogens is 1. The zero-order valence-electron chi connectivity index (χ0n) is 21.4. The van der Waals surface area contributed by atoms with Crippen molar-refractivity contribution in [3.63, 3.8) is 0 Å². The summed E-state index contributed by atoms with van der Waals surface area (Å²) >= 11 is 0. The molecule has 0 atom stereocenters. The number of nitrogens with one attached hydrogen (secondary N) is 1. The summed E-state index contributed by atoms with van der Waals surface area (Å²) < 4.78 is 17.6. The molecule has 7 nitrogen and oxygen atoms in total. The van der Waals surface area contributed by atoms with Crippen molar-refractivity contribution in [2.75, 3.05) is 33.4 Å². The number of aryl methyl sites for hydroxylation is 1. The molecule has 0 aliphatic carbocycles. The van der Waals surface area contributed by atoms with E-state index in [1.807, 2.05) is 12.3 Å². The Morgan fingerprint density at radius 3 is 2.56 bits per heavy atom. The van der Waals surface area contributed by atoms with Gasteiger partial charge in [0.05, 0.1) is 19.8 Å². The van der Waals surface area contributed by atoms with Crippen LogP contribution in [0.4, 0.5) is 0 Å². The maximum atomic E-state index is 9.31. The summed E-state index contributed by atoms with van der Waals surface area (Å²) in [6.07, 6.45) is 8.78. The van der Waals surface area contributed by atoms with Crippen LogP contribution >= 0.6 is 8.38 Å². The first-order chi connectivity index (χ1) is 17.5. The second-order valence-corrected chi connectivity index (χ2v) is 10.6. The minimum Gasteiger partial charge on any atom is -0.496 e. The molecule has 196 valence electrons. The van der Waals surface area contributed by atoms with E-state index in [1.165, 1.54) is 22.0 Å². The van der Waals surface area contributed by atoms with Crippen molar-refractivity contribution in [2.24, 2.45) is 0 Å². The highest BCUT2D eigenvalue weighted by Gasteiger charge is 2.22. The summed E-state index contributed by atoms with van der Waals surface area (Å²) in [5.41, 5.74) is 3.68. The van der Waals surface area contributed by atoms with Gasteiger partial charge in [-0.2, -0.15) is 0 Å². The first-order valence-corrected chi connectivity index (χ1v) is 14.2. The average molecular weight is 515 g/mol. The Hall–Kier alpha value is -2.15. The van der Waals surface area contributed by atoms with Gasteiger partial charge >= 0.3 is 0 Å². The van der Waals surface area contributed by atoms with Crippen LogP contribution in [-0.2, 0) is 11.3 Å². The van der Waals surface area contributed by atoms with Gasteiger partial charge in [0.25, 0.3) is 0 Å². The fourth-order valence-electron chi connectivity index (χ4n) is 4.93. The van der Waals surface area contributed by atoms with Crippen molar-refractivity contribution in [1.82, 2.24) is 9.88 Å². The number of hydrogen-bond donors (Lipinski definition) is 3. The first-order valence-electron chi connectivity index (χ1n) is 12.9. The zero-order valence-corrected chi connectivity index (χ0v) is 22.3. The number of methoxy groups -OCH3 is 1. The number of hydrogen-bond acceptors (Lipinski definition) is 6. The Morgan fingerprint density at radius 1 is 1.03 bits per heavy atom. The maximum absolute atomic E-state index is 9.31. The van der Waals surface area contributed by atoms with Crippen LogP contribution < -0.4 is 14.8 Å². The quantitative estimate of drug-likeness (QED) is 0.219. The summed E-state index contributed by atoms with van der Waals surface area (Å²) in [4.78, 5) is 24.5. The molecule has 0 amide bonds. The molecule has 1 fully saturated rings. The molecule has 0 radical (unpaired) electrons. The summed E-state index contributed by atoms with van der Waals surface area (Å²) in [5.74, 6) is 1.66. The molecule has 3 N–H and O–H groups in total. The fourth-order valence-corrected chi connectivity index (χ4v) is 5.40. The molecule has 0 bridgehead atoms. The lowest BCUT2D eigenvalue weighted by atomic mass is 10.0. The minimum absolute atomic E-state index is 0.354. The van der Waals surface area contributed by atoms with Crippen molar-refractivity contribution in [2.45, 2.75) is 58.1 Å². The third kappa shape index (κ3) is 7.21. The van der Waals surface area contributed by atoms with E-state index in [0.717, 1.165) is 70.5 Å². The standard InChI is InChI=1S/C28H39N2O5P/c1-21-18-27(33-2)26(25-10-13-29-28(21)25)20-30-14-11-22(12-15-30)34-16-5-3-4-6-17-35-23-8-7-9-24(19-23)36(31)32/h7-10,13,18-19,22,29,31-32H,3-6,11-12,14-17,20H2,1-2H3. The molecule has 36 heavy (non-hydrogen) atoms. The third-order valence-corrected chi connectivity index (χ3v) is 7.70. The Labute approximate surface area is 215 Å². The summed E-state index contributed by atoms with van der Waals surface area (Å²) in [7, 11) is -0.314. The normalized spacial score (nSPS) is 15.1. The largest absolute Gasteiger partial charge is 0.496 e. The molecular weight excluding hydrogens is 475 g/mol. The number of benzene rings is 2. The van der Waals surface area contributed by atoms with Gasteiger partial charge in [-0.1, -0.05) is 12.5 Å². The van der Waals surface area contributed by atoms with Crippen LogP contribution in [-0.4, -0.2) is 59.2 Å². The van der Waals surface area contributed by atoms with Gasteiger partial charge in [-0.15, -0.1) is 0 Å². The van der Waals surface area contributed by atoms with Gasteiger partial charge in [0.1, 0.15) is 11.5 Å². The Morgan fingerprint density at radius 2 is 1.81 bits per heavy atom. The molecule has 0 spiro atoms. The van der Waals surface area contributed by atoms with Crippen LogP contribution in [0.1, 0.15) is 49.7 Å². The number of aromatic nitrogens is 1. The van der Waals surface area contributed by atoms with Gasteiger partial charge < -0.3 is 29.0 Å². The molecule has 1 aliphatic heterocycles. The lowest BCUT2D eigenvalue weighted by Crippen LogP contribution is -2.36. The Balaban J connectivity index is 1.09. The predicted molar refractivity (Wildman–Crippen MR) is 145 cm³/mol. The smallest absolute Gasteiger partial charge is 0.199 e. The van der Waals surface area contributed by atoms with E-state index in [9.17, 15) is 9.79 Å². The first kappa shape index (κ1) is 26.9. The fraction of sp³-hybridized carbons (Fsp3) is 0.500. The van der Waals surface area contributed by atoms with Crippen LogP contribution in [0, 0.1) is 6.92 Å². The van der Waals surface area contributed by atoms with E-state index in [2.05, 4.69) is 28.9 Å². The molecule has 2 aromatic carbocycles. The molecular formula is C28H39N2O5P. The molecule has 2 heterocycles. The van der Waals surface area contributed by atoms with Gasteiger partial charge in [0.15, 0.2) is 8.38 Å².